The van der Waals surface area contributed by atoms with Gasteiger partial charge < -0.3 is 9.30 Å². The first-order valence-corrected chi connectivity index (χ1v) is 8.24. The van der Waals surface area contributed by atoms with Gasteiger partial charge in [-0.25, -0.2) is 0 Å². The van der Waals surface area contributed by atoms with Crippen LogP contribution >= 0.6 is 0 Å². The van der Waals surface area contributed by atoms with Crippen LogP contribution in [0.1, 0.15) is 15.9 Å². The fourth-order valence-corrected chi connectivity index (χ4v) is 3.67. The number of ether oxygens (including phenoxy) is 1. The first kappa shape index (κ1) is 14.1. The number of benzene rings is 3. The molecule has 0 aliphatic heterocycles. The number of aromatic nitrogens is 1. The normalized spacial score (nSPS) is 12.3. The van der Waals surface area contributed by atoms with Crippen LogP contribution in [0.3, 0.4) is 0 Å². The smallest absolute Gasteiger partial charge is 0.208 e. The van der Waals surface area contributed by atoms with E-state index in [4.69, 9.17) is 4.74 Å². The van der Waals surface area contributed by atoms with Gasteiger partial charge in [0.2, 0.25) is 5.88 Å². The Kier molecular flexibility index (Phi) is 2.86. The van der Waals surface area contributed by atoms with E-state index >= 15 is 0 Å². The predicted octanol–water partition coefficient (Wildman–Crippen LogP) is 5.18. The summed E-state index contributed by atoms with van der Waals surface area (Å²) in [6.07, 6.45) is 0. The maximum absolute atomic E-state index is 12.9. The summed E-state index contributed by atoms with van der Waals surface area (Å²) < 4.78 is 8.27. The highest BCUT2D eigenvalue weighted by atomic mass is 16.5. The van der Waals surface area contributed by atoms with Crippen molar-refractivity contribution >= 4 is 16.7 Å². The highest BCUT2D eigenvalue weighted by molar-refractivity contribution is 6.26. The van der Waals surface area contributed by atoms with Crippen LogP contribution in [-0.4, -0.2) is 10.4 Å². The van der Waals surface area contributed by atoms with Gasteiger partial charge in [0.1, 0.15) is 5.75 Å². The molecule has 120 valence electrons. The standard InChI is InChI=1S/C22H15NO2/c1-23-18-13-7-12-17-19(18)20(15-10-5-6-11-16(15)21(17)24)22(23)25-14-8-3-2-4-9-14/h2-13H,1H3. The number of para-hydroxylation sites is 1. The number of hydrogen-bond acceptors (Lipinski definition) is 2. The molecule has 0 amide bonds. The van der Waals surface area contributed by atoms with E-state index in [2.05, 4.69) is 0 Å². The molecule has 0 spiro atoms. The third kappa shape index (κ3) is 1.89. The Labute approximate surface area is 145 Å². The molecule has 0 saturated carbocycles. The molecule has 0 N–H and O–H groups in total. The van der Waals surface area contributed by atoms with E-state index in [1.165, 1.54) is 0 Å². The van der Waals surface area contributed by atoms with Gasteiger partial charge in [-0.15, -0.1) is 0 Å². The number of hydrogen-bond donors (Lipinski definition) is 0. The Balaban J connectivity index is 1.88. The summed E-state index contributed by atoms with van der Waals surface area (Å²) in [6.45, 7) is 0. The zero-order chi connectivity index (χ0) is 17.0. The molecule has 1 heterocycles. The maximum atomic E-state index is 12.9. The van der Waals surface area contributed by atoms with E-state index in [0.29, 0.717) is 0 Å². The summed E-state index contributed by atoms with van der Waals surface area (Å²) in [7, 11) is 1.98. The fourth-order valence-electron chi connectivity index (χ4n) is 3.67. The minimum absolute atomic E-state index is 0.0746. The van der Waals surface area contributed by atoms with Gasteiger partial charge in [0.15, 0.2) is 5.78 Å². The number of aryl methyl sites for hydroxylation is 1. The Morgan fingerprint density at radius 2 is 1.44 bits per heavy atom. The van der Waals surface area contributed by atoms with Gasteiger partial charge in [0, 0.05) is 23.6 Å². The minimum Gasteiger partial charge on any atom is -0.440 e. The monoisotopic (exact) mass is 325 g/mol. The van der Waals surface area contributed by atoms with Crippen LogP contribution < -0.4 is 4.74 Å². The second kappa shape index (κ2) is 5.08. The third-order valence-corrected chi connectivity index (χ3v) is 4.82. The summed E-state index contributed by atoms with van der Waals surface area (Å²) in [5.74, 6) is 1.61. The quantitative estimate of drug-likeness (QED) is 0.448. The molecular weight excluding hydrogens is 310 g/mol. The predicted molar refractivity (Wildman–Crippen MR) is 98.3 cm³/mol. The molecule has 3 aromatic carbocycles. The molecule has 0 radical (unpaired) electrons. The molecule has 0 unspecified atom stereocenters. The Morgan fingerprint density at radius 1 is 0.760 bits per heavy atom. The van der Waals surface area contributed by atoms with Crippen LogP contribution in [0.5, 0.6) is 11.6 Å². The van der Waals surface area contributed by atoms with Gasteiger partial charge >= 0.3 is 0 Å². The third-order valence-electron chi connectivity index (χ3n) is 4.82. The summed E-state index contributed by atoms with van der Waals surface area (Å²) in [5.41, 5.74) is 4.40. The average molecular weight is 325 g/mol. The molecule has 3 heteroatoms. The van der Waals surface area contributed by atoms with E-state index in [0.717, 1.165) is 44.8 Å². The molecule has 0 bridgehead atoms. The molecule has 1 aliphatic carbocycles. The van der Waals surface area contributed by atoms with Crippen molar-refractivity contribution in [3.05, 3.63) is 83.9 Å². The van der Waals surface area contributed by atoms with Crippen LogP contribution in [0, 0.1) is 0 Å². The minimum atomic E-state index is 0.0746. The van der Waals surface area contributed by atoms with E-state index in [1.807, 2.05) is 84.4 Å². The lowest BCUT2D eigenvalue weighted by Crippen LogP contribution is -2.08. The van der Waals surface area contributed by atoms with Crippen molar-refractivity contribution in [1.29, 1.82) is 0 Å². The largest absolute Gasteiger partial charge is 0.440 e. The van der Waals surface area contributed by atoms with E-state index < -0.39 is 0 Å². The lowest BCUT2D eigenvalue weighted by Gasteiger charge is -2.17. The van der Waals surface area contributed by atoms with Gasteiger partial charge in [-0.3, -0.25) is 4.79 Å². The van der Waals surface area contributed by atoms with Crippen molar-refractivity contribution in [3.8, 4) is 22.8 Å². The van der Waals surface area contributed by atoms with Crippen LogP contribution in [0.25, 0.3) is 22.0 Å². The number of fused-ring (bicyclic) bond motifs is 2. The second-order valence-electron chi connectivity index (χ2n) is 6.23. The van der Waals surface area contributed by atoms with Crippen molar-refractivity contribution in [2.75, 3.05) is 0 Å². The van der Waals surface area contributed by atoms with Crippen molar-refractivity contribution < 1.29 is 9.53 Å². The summed E-state index contributed by atoms with van der Waals surface area (Å²) >= 11 is 0. The SMILES string of the molecule is Cn1c(Oc2ccccc2)c2c3c(cccc31)C(=O)c1ccccc1-2. The summed E-state index contributed by atoms with van der Waals surface area (Å²) in [6, 6.07) is 23.3. The topological polar surface area (TPSA) is 31.2 Å². The van der Waals surface area contributed by atoms with Gasteiger partial charge in [-0.2, -0.15) is 0 Å². The Bertz CT molecular complexity index is 1140. The van der Waals surface area contributed by atoms with Crippen molar-refractivity contribution in [2.45, 2.75) is 0 Å². The Hall–Kier alpha value is -3.33. The molecule has 3 nitrogen and oxygen atoms in total. The summed E-state index contributed by atoms with van der Waals surface area (Å²) in [4.78, 5) is 12.9. The van der Waals surface area contributed by atoms with Gasteiger partial charge in [-0.1, -0.05) is 54.6 Å². The first-order valence-electron chi connectivity index (χ1n) is 8.24. The fraction of sp³-hybridized carbons (Fsp3) is 0.0455. The molecule has 1 aliphatic rings. The molecule has 0 saturated heterocycles. The lowest BCUT2D eigenvalue weighted by molar-refractivity contribution is 0.104. The van der Waals surface area contributed by atoms with Crippen molar-refractivity contribution in [2.24, 2.45) is 7.05 Å². The highest BCUT2D eigenvalue weighted by Crippen LogP contribution is 2.47. The number of carbonyl (C=O) groups excluding carboxylic acids is 1. The van der Waals surface area contributed by atoms with Crippen LogP contribution in [0.2, 0.25) is 0 Å². The Morgan fingerprint density at radius 3 is 2.24 bits per heavy atom. The second-order valence-corrected chi connectivity index (χ2v) is 6.23. The zero-order valence-corrected chi connectivity index (χ0v) is 13.7. The highest BCUT2D eigenvalue weighted by Gasteiger charge is 2.30. The molecule has 5 rings (SSSR count). The molecule has 1 aromatic heterocycles. The molecular formula is C22H15NO2. The van der Waals surface area contributed by atoms with Crippen LogP contribution in [0.15, 0.2) is 72.8 Å². The van der Waals surface area contributed by atoms with Gasteiger partial charge in [0.05, 0.1) is 11.1 Å². The molecule has 0 atom stereocenters. The van der Waals surface area contributed by atoms with Crippen molar-refractivity contribution in [3.63, 3.8) is 0 Å². The summed E-state index contributed by atoms with van der Waals surface area (Å²) in [5, 5.41) is 0.972. The number of ketones is 1. The lowest BCUT2D eigenvalue weighted by atomic mass is 9.86. The van der Waals surface area contributed by atoms with Crippen molar-refractivity contribution in [1.82, 2.24) is 4.57 Å². The molecule has 4 aromatic rings. The van der Waals surface area contributed by atoms with Crippen LogP contribution in [-0.2, 0) is 7.05 Å². The number of nitrogens with zero attached hydrogens (tertiary/aromatic N) is 1. The van der Waals surface area contributed by atoms with E-state index in [1.54, 1.807) is 0 Å². The van der Waals surface area contributed by atoms with Gasteiger partial charge in [-0.05, 0) is 23.8 Å². The van der Waals surface area contributed by atoms with Crippen LogP contribution in [0.4, 0.5) is 0 Å². The van der Waals surface area contributed by atoms with E-state index in [9.17, 15) is 4.79 Å². The zero-order valence-electron chi connectivity index (χ0n) is 13.7. The van der Waals surface area contributed by atoms with Gasteiger partial charge in [0.25, 0.3) is 0 Å². The van der Waals surface area contributed by atoms with E-state index in [-0.39, 0.29) is 5.78 Å². The number of carbonyl (C=O) groups is 1. The first-order chi connectivity index (χ1) is 12.3. The molecule has 25 heavy (non-hydrogen) atoms. The maximum Gasteiger partial charge on any atom is 0.208 e. The number of rotatable bonds is 2. The molecule has 0 fully saturated rings. The average Bonchev–Trinajstić information content (AvgIpc) is 2.94.